The largest absolute Gasteiger partial charge is 0.496 e. The minimum Gasteiger partial charge on any atom is -0.496 e. The zero-order chi connectivity index (χ0) is 18.7. The summed E-state index contributed by atoms with van der Waals surface area (Å²) < 4.78 is 12.2. The summed E-state index contributed by atoms with van der Waals surface area (Å²) in [5, 5.41) is 1.31. The van der Waals surface area contributed by atoms with E-state index in [1.807, 2.05) is 54.6 Å². The smallest absolute Gasteiger partial charge is 0.130 e. The maximum atomic E-state index is 6.42. The maximum absolute atomic E-state index is 6.42. The Morgan fingerprint density at radius 2 is 1.54 bits per heavy atom. The Bertz CT molecular complexity index is 941. The number of rotatable bonds is 5. The van der Waals surface area contributed by atoms with Crippen LogP contribution in [0.1, 0.15) is 11.1 Å². The molecule has 0 N–H and O–H groups in total. The fourth-order valence-corrected chi connectivity index (χ4v) is 3.93. The van der Waals surface area contributed by atoms with E-state index in [-0.39, 0.29) is 0 Å². The van der Waals surface area contributed by atoms with E-state index in [2.05, 4.69) is 15.9 Å². The normalized spacial score (nSPS) is 10.7. The number of benzene rings is 3. The molecule has 3 rings (SSSR count). The van der Waals surface area contributed by atoms with Crippen LogP contribution >= 0.6 is 39.1 Å². The minimum absolute atomic E-state index is 0.588. The predicted octanol–water partition coefficient (Wildman–Crippen LogP) is 7.03. The summed E-state index contributed by atoms with van der Waals surface area (Å²) in [6, 6.07) is 17.4. The van der Waals surface area contributed by atoms with E-state index in [0.29, 0.717) is 16.5 Å². The van der Waals surface area contributed by atoms with Gasteiger partial charge < -0.3 is 9.47 Å². The average Bonchev–Trinajstić information content (AvgIpc) is 2.62. The van der Waals surface area contributed by atoms with Crippen LogP contribution in [0.5, 0.6) is 11.5 Å². The zero-order valence-electron chi connectivity index (χ0n) is 14.4. The molecule has 0 amide bonds. The first-order chi connectivity index (χ1) is 12.5. The van der Waals surface area contributed by atoms with Gasteiger partial charge in [0.1, 0.15) is 11.5 Å². The number of methoxy groups -OCH3 is 2. The molecular weight excluding hydrogens is 435 g/mol. The van der Waals surface area contributed by atoms with Crippen molar-refractivity contribution in [2.75, 3.05) is 14.2 Å². The van der Waals surface area contributed by atoms with Crippen LogP contribution in [0.4, 0.5) is 0 Å². The Kier molecular flexibility index (Phi) is 6.13. The van der Waals surface area contributed by atoms with Crippen LogP contribution in [0.2, 0.25) is 10.0 Å². The van der Waals surface area contributed by atoms with Crippen molar-refractivity contribution in [3.05, 3.63) is 80.2 Å². The van der Waals surface area contributed by atoms with Gasteiger partial charge in [0.25, 0.3) is 0 Å². The molecule has 26 heavy (non-hydrogen) atoms. The topological polar surface area (TPSA) is 18.5 Å². The summed E-state index contributed by atoms with van der Waals surface area (Å²) in [5.74, 6) is 1.56. The second kappa shape index (κ2) is 8.34. The van der Waals surface area contributed by atoms with Gasteiger partial charge in [0.2, 0.25) is 0 Å². The Morgan fingerprint density at radius 1 is 0.808 bits per heavy atom. The lowest BCUT2D eigenvalue weighted by atomic mass is 9.97. The van der Waals surface area contributed by atoms with E-state index in [1.165, 1.54) is 0 Å². The van der Waals surface area contributed by atoms with E-state index in [4.69, 9.17) is 32.7 Å². The molecule has 0 unspecified atom stereocenters. The van der Waals surface area contributed by atoms with Crippen LogP contribution in [-0.2, 0) is 6.42 Å². The fourth-order valence-electron chi connectivity index (χ4n) is 2.99. The summed E-state index contributed by atoms with van der Waals surface area (Å²) in [6.45, 7) is 0. The van der Waals surface area contributed by atoms with Crippen LogP contribution in [0.15, 0.2) is 59.1 Å². The second-order valence-electron chi connectivity index (χ2n) is 5.76. The molecule has 0 aliphatic carbocycles. The standard InChI is InChI=1S/C21H17BrCl2O2/c1-25-20-8-7-15(23)10-13(20)9-14-11-16(24)12-18(21(14)26-2)17-5-3-4-6-19(17)22/h3-8,10-12H,9H2,1-2H3. The first-order valence-corrected chi connectivity index (χ1v) is 9.52. The van der Waals surface area contributed by atoms with Crippen LogP contribution in [-0.4, -0.2) is 14.2 Å². The van der Waals surface area contributed by atoms with Gasteiger partial charge in [-0.2, -0.15) is 0 Å². The highest BCUT2D eigenvalue weighted by atomic mass is 79.9. The molecule has 0 heterocycles. The third kappa shape index (κ3) is 4.01. The third-order valence-corrected chi connectivity index (χ3v) is 5.27. The zero-order valence-corrected chi connectivity index (χ0v) is 17.5. The molecule has 134 valence electrons. The molecule has 0 saturated heterocycles. The van der Waals surface area contributed by atoms with Gasteiger partial charge in [0.05, 0.1) is 14.2 Å². The van der Waals surface area contributed by atoms with Gasteiger partial charge in [0.15, 0.2) is 0 Å². The lowest BCUT2D eigenvalue weighted by Gasteiger charge is -2.17. The highest BCUT2D eigenvalue weighted by Gasteiger charge is 2.17. The summed E-state index contributed by atoms with van der Waals surface area (Å²) in [4.78, 5) is 0. The van der Waals surface area contributed by atoms with Crippen molar-refractivity contribution in [3.8, 4) is 22.6 Å². The maximum Gasteiger partial charge on any atom is 0.130 e. The van der Waals surface area contributed by atoms with Gasteiger partial charge in [0, 0.05) is 37.6 Å². The molecule has 0 bridgehead atoms. The van der Waals surface area contributed by atoms with E-state index in [0.717, 1.165) is 38.2 Å². The first kappa shape index (κ1) is 19.1. The van der Waals surface area contributed by atoms with E-state index < -0.39 is 0 Å². The number of ether oxygens (including phenoxy) is 2. The molecule has 3 aromatic rings. The first-order valence-electron chi connectivity index (χ1n) is 7.97. The molecule has 0 spiro atoms. The van der Waals surface area contributed by atoms with Crippen molar-refractivity contribution in [1.29, 1.82) is 0 Å². The van der Waals surface area contributed by atoms with Crippen LogP contribution in [0, 0.1) is 0 Å². The average molecular weight is 452 g/mol. The number of hydrogen-bond acceptors (Lipinski definition) is 2. The minimum atomic E-state index is 0.588. The number of halogens is 3. The molecule has 0 atom stereocenters. The van der Waals surface area contributed by atoms with Crippen molar-refractivity contribution in [2.24, 2.45) is 0 Å². The summed E-state index contributed by atoms with van der Waals surface area (Å²) in [5.41, 5.74) is 3.89. The van der Waals surface area contributed by atoms with Gasteiger partial charge in [-0.1, -0.05) is 57.3 Å². The van der Waals surface area contributed by atoms with Crippen molar-refractivity contribution < 1.29 is 9.47 Å². The Balaban J connectivity index is 2.14. The lowest BCUT2D eigenvalue weighted by molar-refractivity contribution is 0.406. The van der Waals surface area contributed by atoms with Crippen molar-refractivity contribution >= 4 is 39.1 Å². The van der Waals surface area contributed by atoms with E-state index in [1.54, 1.807) is 14.2 Å². The quantitative estimate of drug-likeness (QED) is 0.414. The molecule has 0 fully saturated rings. The molecule has 5 heteroatoms. The lowest BCUT2D eigenvalue weighted by Crippen LogP contribution is -1.99. The molecule has 0 aromatic heterocycles. The molecule has 0 saturated carbocycles. The summed E-state index contributed by atoms with van der Waals surface area (Å²) in [7, 11) is 3.32. The van der Waals surface area contributed by atoms with E-state index in [9.17, 15) is 0 Å². The van der Waals surface area contributed by atoms with Crippen LogP contribution in [0.3, 0.4) is 0 Å². The molecule has 0 aliphatic rings. The Labute approximate surface area is 171 Å². The number of hydrogen-bond donors (Lipinski definition) is 0. The summed E-state index contributed by atoms with van der Waals surface area (Å²) >= 11 is 16.2. The van der Waals surface area contributed by atoms with E-state index >= 15 is 0 Å². The fraction of sp³-hybridized carbons (Fsp3) is 0.143. The highest BCUT2D eigenvalue weighted by molar-refractivity contribution is 9.10. The molecule has 0 aliphatic heterocycles. The van der Waals surface area contributed by atoms with Crippen LogP contribution in [0.25, 0.3) is 11.1 Å². The predicted molar refractivity (Wildman–Crippen MR) is 112 cm³/mol. The third-order valence-electron chi connectivity index (χ3n) is 4.12. The molecule has 3 aromatic carbocycles. The van der Waals surface area contributed by atoms with Gasteiger partial charge >= 0.3 is 0 Å². The van der Waals surface area contributed by atoms with Gasteiger partial charge in [-0.3, -0.25) is 0 Å². The monoisotopic (exact) mass is 450 g/mol. The Morgan fingerprint density at radius 3 is 2.23 bits per heavy atom. The van der Waals surface area contributed by atoms with Crippen molar-refractivity contribution in [1.82, 2.24) is 0 Å². The van der Waals surface area contributed by atoms with Crippen molar-refractivity contribution in [2.45, 2.75) is 6.42 Å². The van der Waals surface area contributed by atoms with Gasteiger partial charge in [-0.15, -0.1) is 0 Å². The summed E-state index contributed by atoms with van der Waals surface area (Å²) in [6.07, 6.45) is 0.588. The van der Waals surface area contributed by atoms with Crippen molar-refractivity contribution in [3.63, 3.8) is 0 Å². The van der Waals surface area contributed by atoms with Gasteiger partial charge in [-0.05, 0) is 42.0 Å². The van der Waals surface area contributed by atoms with Crippen LogP contribution < -0.4 is 9.47 Å². The molecule has 0 radical (unpaired) electrons. The Hall–Kier alpha value is -1.68. The van der Waals surface area contributed by atoms with Gasteiger partial charge in [-0.25, -0.2) is 0 Å². The molecular formula is C21H17BrCl2O2. The SMILES string of the molecule is COc1ccc(Cl)cc1Cc1cc(Cl)cc(-c2ccccc2Br)c1OC. The second-order valence-corrected chi connectivity index (χ2v) is 7.49. The molecule has 2 nitrogen and oxygen atoms in total. The highest BCUT2D eigenvalue weighted by Crippen LogP contribution is 2.40.